The second-order valence-electron chi connectivity index (χ2n) is 4.95. The van der Waals surface area contributed by atoms with E-state index in [-0.39, 0.29) is 30.0 Å². The lowest BCUT2D eigenvalue weighted by molar-refractivity contribution is -0.132. The van der Waals surface area contributed by atoms with E-state index in [9.17, 15) is 18.4 Å². The van der Waals surface area contributed by atoms with Crippen molar-refractivity contribution in [1.29, 1.82) is 0 Å². The van der Waals surface area contributed by atoms with Crippen LogP contribution in [0, 0.1) is 17.6 Å². The van der Waals surface area contributed by atoms with Crippen LogP contribution in [0.2, 0.25) is 0 Å². The van der Waals surface area contributed by atoms with Crippen LogP contribution in [-0.2, 0) is 9.59 Å². The number of anilines is 1. The molecule has 0 bridgehead atoms. The van der Waals surface area contributed by atoms with Crippen molar-refractivity contribution < 1.29 is 18.4 Å². The number of piperazine rings is 1. The van der Waals surface area contributed by atoms with E-state index >= 15 is 0 Å². The molecule has 2 atom stereocenters. The molecular weight excluding hydrogens is 266 g/mol. The van der Waals surface area contributed by atoms with Crippen LogP contribution >= 0.6 is 0 Å². The first-order chi connectivity index (χ1) is 9.43. The van der Waals surface area contributed by atoms with Gasteiger partial charge in [0.25, 0.3) is 0 Å². The minimum Gasteiger partial charge on any atom is -0.342 e. The molecule has 1 saturated heterocycles. The quantitative estimate of drug-likeness (QED) is 0.919. The van der Waals surface area contributed by atoms with Gasteiger partial charge in [0.05, 0.1) is 5.69 Å². The first-order valence-corrected chi connectivity index (χ1v) is 6.49. The Labute approximate surface area is 115 Å². The molecule has 2 unspecified atom stereocenters. The first-order valence-electron chi connectivity index (χ1n) is 6.49. The highest BCUT2D eigenvalue weighted by Crippen LogP contribution is 2.24. The fraction of sp³-hybridized carbons (Fsp3) is 0.429. The van der Waals surface area contributed by atoms with Crippen molar-refractivity contribution in [1.82, 2.24) is 5.32 Å². The lowest BCUT2D eigenvalue weighted by atomic mass is 9.96. The molecule has 1 aromatic rings. The average molecular weight is 282 g/mol. The summed E-state index contributed by atoms with van der Waals surface area (Å²) in [5.74, 6) is -2.35. The average Bonchev–Trinajstić information content (AvgIpc) is 2.40. The second-order valence-corrected chi connectivity index (χ2v) is 4.95. The van der Waals surface area contributed by atoms with Crippen LogP contribution in [0.25, 0.3) is 0 Å². The van der Waals surface area contributed by atoms with Crippen LogP contribution in [0.4, 0.5) is 14.5 Å². The monoisotopic (exact) mass is 282 g/mol. The maximum Gasteiger partial charge on any atom is 0.250 e. The summed E-state index contributed by atoms with van der Waals surface area (Å²) in [6.45, 7) is 3.49. The van der Waals surface area contributed by atoms with E-state index in [0.717, 1.165) is 11.0 Å². The topological polar surface area (TPSA) is 49.4 Å². The molecule has 2 amide bonds. The minimum atomic E-state index is -0.851. The van der Waals surface area contributed by atoms with Crippen LogP contribution < -0.4 is 10.2 Å². The number of carbonyl (C=O) groups is 2. The molecule has 0 spiro atoms. The Morgan fingerprint density at radius 2 is 2.10 bits per heavy atom. The summed E-state index contributed by atoms with van der Waals surface area (Å²) in [6.07, 6.45) is 0.705. The van der Waals surface area contributed by atoms with Crippen molar-refractivity contribution >= 4 is 17.5 Å². The molecule has 1 aromatic carbocycles. The predicted molar refractivity (Wildman–Crippen MR) is 70.1 cm³/mol. The Morgan fingerprint density at radius 1 is 1.40 bits per heavy atom. The van der Waals surface area contributed by atoms with Crippen molar-refractivity contribution in [2.45, 2.75) is 26.3 Å². The van der Waals surface area contributed by atoms with Gasteiger partial charge >= 0.3 is 0 Å². The zero-order chi connectivity index (χ0) is 14.9. The van der Waals surface area contributed by atoms with Gasteiger partial charge in [0.2, 0.25) is 11.8 Å². The molecule has 6 heteroatoms. The molecule has 4 nitrogen and oxygen atoms in total. The van der Waals surface area contributed by atoms with Crippen molar-refractivity contribution in [2.24, 2.45) is 5.92 Å². The van der Waals surface area contributed by atoms with E-state index in [1.807, 2.05) is 13.8 Å². The van der Waals surface area contributed by atoms with Gasteiger partial charge in [-0.3, -0.25) is 14.5 Å². The van der Waals surface area contributed by atoms with Gasteiger partial charge < -0.3 is 5.32 Å². The molecule has 1 aliphatic rings. The Hall–Kier alpha value is -1.98. The van der Waals surface area contributed by atoms with Gasteiger partial charge in [-0.15, -0.1) is 0 Å². The van der Waals surface area contributed by atoms with E-state index < -0.39 is 17.7 Å². The number of hydrogen-bond donors (Lipinski definition) is 1. The largest absolute Gasteiger partial charge is 0.342 e. The summed E-state index contributed by atoms with van der Waals surface area (Å²) >= 11 is 0. The molecular formula is C14H16F2N2O2. The molecule has 0 aliphatic carbocycles. The zero-order valence-electron chi connectivity index (χ0n) is 11.3. The molecule has 1 fully saturated rings. The van der Waals surface area contributed by atoms with Crippen LogP contribution in [0.5, 0.6) is 0 Å². The summed E-state index contributed by atoms with van der Waals surface area (Å²) in [5.41, 5.74) is -0.0699. The van der Waals surface area contributed by atoms with E-state index in [4.69, 9.17) is 0 Å². The molecule has 108 valence electrons. The van der Waals surface area contributed by atoms with Gasteiger partial charge in [0.15, 0.2) is 0 Å². The van der Waals surface area contributed by atoms with Crippen molar-refractivity contribution in [3.05, 3.63) is 29.8 Å². The van der Waals surface area contributed by atoms with Gasteiger partial charge in [-0.2, -0.15) is 0 Å². The van der Waals surface area contributed by atoms with Crippen LogP contribution in [-0.4, -0.2) is 24.4 Å². The van der Waals surface area contributed by atoms with Gasteiger partial charge in [0, 0.05) is 6.07 Å². The summed E-state index contributed by atoms with van der Waals surface area (Å²) in [7, 11) is 0. The first kappa shape index (κ1) is 14.4. The summed E-state index contributed by atoms with van der Waals surface area (Å²) in [5, 5.41) is 2.62. The second kappa shape index (κ2) is 5.56. The third kappa shape index (κ3) is 2.64. The fourth-order valence-electron chi connectivity index (χ4n) is 2.20. The summed E-state index contributed by atoms with van der Waals surface area (Å²) in [4.78, 5) is 25.1. The maximum absolute atomic E-state index is 13.8. The van der Waals surface area contributed by atoms with E-state index in [1.54, 1.807) is 0 Å². The molecule has 1 heterocycles. The molecule has 0 aromatic heterocycles. The Morgan fingerprint density at radius 3 is 2.70 bits per heavy atom. The highest BCUT2D eigenvalue weighted by Gasteiger charge is 2.37. The Bertz CT molecular complexity index is 548. The van der Waals surface area contributed by atoms with Crippen LogP contribution in [0.15, 0.2) is 18.2 Å². The molecule has 20 heavy (non-hydrogen) atoms. The van der Waals surface area contributed by atoms with Gasteiger partial charge in [-0.25, -0.2) is 8.78 Å². The maximum atomic E-state index is 13.8. The number of rotatable bonds is 3. The SMILES string of the molecule is CCC(C)C1NC(=O)CN(c2ccc(F)cc2F)C1=O. The highest BCUT2D eigenvalue weighted by molar-refractivity contribution is 6.06. The van der Waals surface area contributed by atoms with Crippen LogP contribution in [0.3, 0.4) is 0 Å². The van der Waals surface area contributed by atoms with E-state index in [2.05, 4.69) is 5.32 Å². The smallest absolute Gasteiger partial charge is 0.250 e. The molecule has 0 saturated carbocycles. The van der Waals surface area contributed by atoms with Gasteiger partial charge in [-0.1, -0.05) is 20.3 Å². The van der Waals surface area contributed by atoms with Crippen LogP contribution in [0.1, 0.15) is 20.3 Å². The number of halogens is 2. The number of hydrogen-bond acceptors (Lipinski definition) is 2. The van der Waals surface area contributed by atoms with E-state index in [1.165, 1.54) is 6.07 Å². The van der Waals surface area contributed by atoms with Gasteiger partial charge in [0.1, 0.15) is 24.2 Å². The molecule has 0 radical (unpaired) electrons. The normalized spacial score (nSPS) is 20.8. The van der Waals surface area contributed by atoms with Gasteiger partial charge in [-0.05, 0) is 18.1 Å². The molecule has 1 aliphatic heterocycles. The fourth-order valence-corrected chi connectivity index (χ4v) is 2.20. The third-order valence-electron chi connectivity index (χ3n) is 3.56. The predicted octanol–water partition coefficient (Wildman–Crippen LogP) is 1.84. The number of carbonyl (C=O) groups excluding carboxylic acids is 2. The molecule has 2 rings (SSSR count). The lowest BCUT2D eigenvalue weighted by Crippen LogP contribution is -2.60. The Kier molecular flexibility index (Phi) is 4.01. The minimum absolute atomic E-state index is 0.0576. The number of benzene rings is 1. The number of nitrogens with one attached hydrogen (secondary N) is 1. The lowest BCUT2D eigenvalue weighted by Gasteiger charge is -2.35. The highest BCUT2D eigenvalue weighted by atomic mass is 19.1. The standard InChI is InChI=1S/C14H16F2N2O2/c1-3-8(2)13-14(20)18(7-12(19)17-13)11-5-4-9(15)6-10(11)16/h4-6,8,13H,3,7H2,1-2H3,(H,17,19). The third-order valence-corrected chi connectivity index (χ3v) is 3.56. The number of nitrogens with zero attached hydrogens (tertiary/aromatic N) is 1. The van der Waals surface area contributed by atoms with Crippen molar-refractivity contribution in [3.63, 3.8) is 0 Å². The Balaban J connectivity index is 2.35. The van der Waals surface area contributed by atoms with Crippen molar-refractivity contribution in [2.75, 3.05) is 11.4 Å². The summed E-state index contributed by atoms with van der Waals surface area (Å²) in [6, 6.07) is 2.27. The van der Waals surface area contributed by atoms with Crippen molar-refractivity contribution in [3.8, 4) is 0 Å². The molecule has 1 N–H and O–H groups in total. The summed E-state index contributed by atoms with van der Waals surface area (Å²) < 4.78 is 26.7. The number of amides is 2. The zero-order valence-corrected chi connectivity index (χ0v) is 11.3. The van der Waals surface area contributed by atoms with E-state index in [0.29, 0.717) is 12.5 Å².